The van der Waals surface area contributed by atoms with Crippen molar-refractivity contribution < 1.29 is 0 Å². The Labute approximate surface area is 298 Å². The van der Waals surface area contributed by atoms with Crippen LogP contribution in [0.25, 0.3) is 98.6 Å². The van der Waals surface area contributed by atoms with Crippen molar-refractivity contribution >= 4 is 87.2 Å². The van der Waals surface area contributed by atoms with Crippen molar-refractivity contribution in [3.05, 3.63) is 182 Å². The van der Waals surface area contributed by atoms with Gasteiger partial charge in [0.05, 0.1) is 44.5 Å². The first-order valence-corrected chi connectivity index (χ1v) is 17.8. The van der Waals surface area contributed by atoms with Gasteiger partial charge in [-0.3, -0.25) is 0 Å². The molecule has 4 nitrogen and oxygen atoms in total. The van der Waals surface area contributed by atoms with E-state index < -0.39 is 0 Å². The molecule has 4 heterocycles. The van der Waals surface area contributed by atoms with Crippen molar-refractivity contribution in [2.24, 2.45) is 0 Å². The van der Waals surface area contributed by atoms with Gasteiger partial charge < -0.3 is 19.1 Å². The first-order chi connectivity index (χ1) is 25.8. The summed E-state index contributed by atoms with van der Waals surface area (Å²) in [6.07, 6.45) is 0. The molecule has 0 radical (unpaired) electrons. The summed E-state index contributed by atoms with van der Waals surface area (Å²) in [6, 6.07) is 64.7. The molecule has 8 aromatic carbocycles. The van der Waals surface area contributed by atoms with E-state index in [-0.39, 0.29) is 0 Å². The molecule has 2 N–H and O–H groups in total. The topological polar surface area (TPSA) is 41.4 Å². The van der Waals surface area contributed by atoms with Gasteiger partial charge in [-0.15, -0.1) is 0 Å². The first-order valence-electron chi connectivity index (χ1n) is 17.8. The van der Waals surface area contributed by atoms with Gasteiger partial charge in [-0.2, -0.15) is 0 Å². The number of rotatable bonds is 2. The summed E-state index contributed by atoms with van der Waals surface area (Å²) < 4.78 is 4.75. The van der Waals surface area contributed by atoms with Gasteiger partial charge in [0.2, 0.25) is 0 Å². The van der Waals surface area contributed by atoms with Crippen molar-refractivity contribution in [3.63, 3.8) is 0 Å². The maximum absolute atomic E-state index is 3.64. The van der Waals surface area contributed by atoms with E-state index in [1.807, 2.05) is 0 Å². The normalized spacial score (nSPS) is 11.8. The third kappa shape index (κ3) is 4.15. The molecule has 0 saturated heterocycles. The summed E-state index contributed by atoms with van der Waals surface area (Å²) in [7, 11) is 0. The van der Waals surface area contributed by atoms with Crippen molar-refractivity contribution in [2.45, 2.75) is 0 Å². The second-order valence-corrected chi connectivity index (χ2v) is 13.5. The number of nitrogens with one attached hydrogen (secondary N) is 2. The number of hydrogen-bond donors (Lipinski definition) is 2. The lowest BCUT2D eigenvalue weighted by Gasteiger charge is -2.09. The van der Waals surface area contributed by atoms with Crippen LogP contribution in [0.15, 0.2) is 182 Å². The zero-order valence-electron chi connectivity index (χ0n) is 28.2. The number of aromatic nitrogens is 4. The molecule has 12 aromatic rings. The predicted octanol–water partition coefficient (Wildman–Crippen LogP) is 12.8. The quantitative estimate of drug-likeness (QED) is 0.185. The monoisotopic (exact) mass is 664 g/mol. The number of nitrogens with zero attached hydrogens (tertiary/aromatic N) is 2. The van der Waals surface area contributed by atoms with Crippen LogP contribution < -0.4 is 0 Å². The summed E-state index contributed by atoms with van der Waals surface area (Å²) in [5, 5.41) is 10.2. The van der Waals surface area contributed by atoms with E-state index in [1.54, 1.807) is 0 Å². The third-order valence-corrected chi connectivity index (χ3v) is 10.7. The summed E-state index contributed by atoms with van der Waals surface area (Å²) in [6.45, 7) is 0. The zero-order valence-corrected chi connectivity index (χ0v) is 28.2. The lowest BCUT2D eigenvalue weighted by molar-refractivity contribution is 1.19. The number of fused-ring (bicyclic) bond motifs is 12. The first kappa shape index (κ1) is 28.8. The summed E-state index contributed by atoms with van der Waals surface area (Å²) >= 11 is 0. The molecule has 0 bridgehead atoms. The molecule has 0 atom stereocenters. The van der Waals surface area contributed by atoms with E-state index in [1.165, 1.54) is 98.6 Å². The van der Waals surface area contributed by atoms with Gasteiger partial charge in [-0.1, -0.05) is 133 Å². The Bertz CT molecular complexity index is 2980. The van der Waals surface area contributed by atoms with Crippen LogP contribution in [0.3, 0.4) is 0 Å². The van der Waals surface area contributed by atoms with Crippen LogP contribution in [-0.4, -0.2) is 19.1 Å². The van der Waals surface area contributed by atoms with Gasteiger partial charge in [-0.25, -0.2) is 0 Å². The SMILES string of the molecule is c1ccc2c(c1)[nH]c1c(-n3c4ccccc4c4ccccc43)cccc12.c1ccc2c(c1)[nH]c1c(-n3c4ccccc4c4ccccc43)cccc12. The van der Waals surface area contributed by atoms with Gasteiger partial charge in [0.1, 0.15) is 0 Å². The highest BCUT2D eigenvalue weighted by Crippen LogP contribution is 2.38. The average molecular weight is 665 g/mol. The van der Waals surface area contributed by atoms with E-state index in [0.29, 0.717) is 0 Å². The molecule has 0 spiro atoms. The van der Waals surface area contributed by atoms with E-state index in [2.05, 4.69) is 201 Å². The fourth-order valence-electron chi connectivity index (χ4n) is 8.45. The largest absolute Gasteiger partial charge is 0.353 e. The van der Waals surface area contributed by atoms with E-state index in [0.717, 1.165) is 0 Å². The molecule has 0 unspecified atom stereocenters. The second kappa shape index (κ2) is 11.2. The van der Waals surface area contributed by atoms with Crippen molar-refractivity contribution in [1.29, 1.82) is 0 Å². The molecule has 0 aliphatic carbocycles. The number of H-pyrrole nitrogens is 2. The second-order valence-electron chi connectivity index (χ2n) is 13.5. The molecule has 4 aromatic heterocycles. The minimum atomic E-state index is 1.18. The molecule has 0 fully saturated rings. The van der Waals surface area contributed by atoms with Crippen LogP contribution in [0, 0.1) is 0 Å². The van der Waals surface area contributed by atoms with Crippen molar-refractivity contribution in [1.82, 2.24) is 19.1 Å². The van der Waals surface area contributed by atoms with Crippen molar-refractivity contribution in [2.75, 3.05) is 0 Å². The Kier molecular flexibility index (Phi) is 6.22. The molecule has 12 rings (SSSR count). The standard InChI is InChI=1S/2C24H16N2/c2*1-4-12-20-16(8-1)19-11-7-15-23(24(19)25-20)26-21-13-5-2-9-17(21)18-10-3-6-14-22(18)26/h2*1-15,25H. The Morgan fingerprint density at radius 2 is 0.538 bits per heavy atom. The molecule has 0 aliphatic heterocycles. The third-order valence-electron chi connectivity index (χ3n) is 10.7. The maximum atomic E-state index is 3.64. The Morgan fingerprint density at radius 1 is 0.250 bits per heavy atom. The maximum Gasteiger partial charge on any atom is 0.0709 e. The summed E-state index contributed by atoms with van der Waals surface area (Å²) in [4.78, 5) is 7.29. The van der Waals surface area contributed by atoms with Gasteiger partial charge in [0, 0.05) is 54.1 Å². The van der Waals surface area contributed by atoms with Crippen LogP contribution in [0.4, 0.5) is 0 Å². The Hall–Kier alpha value is -7.04. The van der Waals surface area contributed by atoms with Gasteiger partial charge in [0.25, 0.3) is 0 Å². The van der Waals surface area contributed by atoms with Gasteiger partial charge in [-0.05, 0) is 48.5 Å². The molecule has 0 aliphatic rings. The molecule has 0 saturated carbocycles. The fourth-order valence-corrected chi connectivity index (χ4v) is 8.45. The number of hydrogen-bond acceptors (Lipinski definition) is 0. The highest BCUT2D eigenvalue weighted by Gasteiger charge is 2.17. The zero-order chi connectivity index (χ0) is 34.2. The Balaban J connectivity index is 0.000000123. The average Bonchev–Trinajstić information content (AvgIpc) is 3.96. The van der Waals surface area contributed by atoms with E-state index in [4.69, 9.17) is 0 Å². The number of benzene rings is 8. The fraction of sp³-hybridized carbons (Fsp3) is 0. The molecular weight excluding hydrogens is 633 g/mol. The molecule has 0 amide bonds. The van der Waals surface area contributed by atoms with E-state index >= 15 is 0 Å². The number of para-hydroxylation sites is 8. The lowest BCUT2D eigenvalue weighted by atomic mass is 10.1. The predicted molar refractivity (Wildman–Crippen MR) is 220 cm³/mol. The highest BCUT2D eigenvalue weighted by atomic mass is 15.0. The molecule has 4 heteroatoms. The lowest BCUT2D eigenvalue weighted by Crippen LogP contribution is -1.94. The minimum Gasteiger partial charge on any atom is -0.353 e. The molecular formula is C48H32N4. The molecule has 244 valence electrons. The van der Waals surface area contributed by atoms with Crippen LogP contribution in [0.1, 0.15) is 0 Å². The summed E-state index contributed by atoms with van der Waals surface area (Å²) in [5.74, 6) is 0. The minimum absolute atomic E-state index is 1.18. The van der Waals surface area contributed by atoms with Gasteiger partial charge >= 0.3 is 0 Å². The Morgan fingerprint density at radius 3 is 0.904 bits per heavy atom. The van der Waals surface area contributed by atoms with Gasteiger partial charge in [0.15, 0.2) is 0 Å². The summed E-state index contributed by atoms with van der Waals surface area (Å²) in [5.41, 5.74) is 12.0. The highest BCUT2D eigenvalue weighted by molar-refractivity contribution is 6.15. The van der Waals surface area contributed by atoms with Crippen LogP contribution in [-0.2, 0) is 0 Å². The van der Waals surface area contributed by atoms with Crippen LogP contribution in [0.5, 0.6) is 0 Å². The number of aromatic amines is 2. The van der Waals surface area contributed by atoms with Crippen LogP contribution in [0.2, 0.25) is 0 Å². The van der Waals surface area contributed by atoms with Crippen LogP contribution >= 0.6 is 0 Å². The smallest absolute Gasteiger partial charge is 0.0709 e. The molecule has 52 heavy (non-hydrogen) atoms. The van der Waals surface area contributed by atoms with E-state index in [9.17, 15) is 0 Å². The van der Waals surface area contributed by atoms with Crippen molar-refractivity contribution in [3.8, 4) is 11.4 Å².